The van der Waals surface area contributed by atoms with E-state index in [1.54, 1.807) is 0 Å². The van der Waals surface area contributed by atoms with E-state index in [-0.39, 0.29) is 30.2 Å². The van der Waals surface area contributed by atoms with Crippen molar-refractivity contribution < 1.29 is 14.4 Å². The smallest absolute Gasteiger partial charge is 0.238 e. The first-order valence-corrected chi connectivity index (χ1v) is 10.3. The first-order chi connectivity index (χ1) is 14.6. The van der Waals surface area contributed by atoms with Gasteiger partial charge in [0.25, 0.3) is 0 Å². The summed E-state index contributed by atoms with van der Waals surface area (Å²) >= 11 is 0. The van der Waals surface area contributed by atoms with Gasteiger partial charge in [-0.15, -0.1) is 0 Å². The van der Waals surface area contributed by atoms with Crippen LogP contribution in [0.1, 0.15) is 30.7 Å². The number of piperidine rings is 1. The van der Waals surface area contributed by atoms with Crippen LogP contribution in [0.3, 0.4) is 0 Å². The van der Waals surface area contributed by atoms with Gasteiger partial charge in [0.05, 0.1) is 12.5 Å². The number of hydrogen-bond acceptors (Lipinski definition) is 4. The van der Waals surface area contributed by atoms with Crippen molar-refractivity contribution in [3.05, 3.63) is 60.2 Å². The molecule has 3 N–H and O–H groups in total. The Labute approximate surface area is 175 Å². The molecule has 1 fully saturated rings. The quantitative estimate of drug-likeness (QED) is 0.711. The van der Waals surface area contributed by atoms with E-state index >= 15 is 0 Å². The second-order valence-corrected chi connectivity index (χ2v) is 7.87. The van der Waals surface area contributed by atoms with Crippen molar-refractivity contribution in [2.24, 2.45) is 0 Å². The number of carbonyl (C=O) groups excluding carboxylic acids is 3. The van der Waals surface area contributed by atoms with Gasteiger partial charge in [-0.25, -0.2) is 0 Å². The van der Waals surface area contributed by atoms with Gasteiger partial charge < -0.3 is 16.0 Å². The molecule has 4 rings (SSSR count). The minimum absolute atomic E-state index is 0.0338. The van der Waals surface area contributed by atoms with E-state index in [2.05, 4.69) is 20.9 Å². The summed E-state index contributed by atoms with van der Waals surface area (Å²) in [7, 11) is 0. The zero-order valence-electron chi connectivity index (χ0n) is 16.8. The molecular formula is C23H26N4O3. The molecule has 2 aromatic rings. The molecule has 0 saturated carbocycles. The highest BCUT2D eigenvalue weighted by Crippen LogP contribution is 2.32. The normalized spacial score (nSPS) is 19.5. The number of rotatable bonds is 5. The Bertz CT molecular complexity index is 923. The molecule has 30 heavy (non-hydrogen) atoms. The zero-order valence-corrected chi connectivity index (χ0v) is 16.8. The summed E-state index contributed by atoms with van der Waals surface area (Å²) in [5.74, 6) is -0.719. The summed E-state index contributed by atoms with van der Waals surface area (Å²) in [6.45, 7) is 1.83. The third kappa shape index (κ3) is 4.86. The molecule has 0 aromatic heterocycles. The van der Waals surface area contributed by atoms with Crippen molar-refractivity contribution in [3.8, 4) is 0 Å². The highest BCUT2D eigenvalue weighted by atomic mass is 16.2. The van der Waals surface area contributed by atoms with E-state index in [4.69, 9.17) is 0 Å². The molecule has 0 radical (unpaired) electrons. The Balaban J connectivity index is 1.26. The average molecular weight is 406 g/mol. The van der Waals surface area contributed by atoms with Crippen LogP contribution >= 0.6 is 0 Å². The van der Waals surface area contributed by atoms with Gasteiger partial charge in [0.15, 0.2) is 0 Å². The third-order valence-corrected chi connectivity index (χ3v) is 5.68. The fourth-order valence-electron chi connectivity index (χ4n) is 4.11. The average Bonchev–Trinajstić information content (AvgIpc) is 2.75. The highest BCUT2D eigenvalue weighted by Gasteiger charge is 2.32. The van der Waals surface area contributed by atoms with E-state index < -0.39 is 5.92 Å². The van der Waals surface area contributed by atoms with E-state index in [0.29, 0.717) is 12.2 Å². The van der Waals surface area contributed by atoms with Crippen LogP contribution in [-0.4, -0.2) is 48.3 Å². The zero-order chi connectivity index (χ0) is 20.9. The standard InChI is InChI=1S/C23H26N4O3/c28-21-14-19(18-8-4-5-9-20(18)26-21)23(30)25-17-10-12-27(13-11-17)15-22(29)24-16-6-2-1-3-7-16/h1-9,17,19H,10-15H2,(H,24,29)(H,25,30)(H,26,28). The molecule has 1 atom stereocenters. The van der Waals surface area contributed by atoms with Crippen molar-refractivity contribution in [2.75, 3.05) is 30.3 Å². The van der Waals surface area contributed by atoms with E-state index in [1.807, 2.05) is 54.6 Å². The van der Waals surface area contributed by atoms with Crippen LogP contribution in [0.15, 0.2) is 54.6 Å². The lowest BCUT2D eigenvalue weighted by Gasteiger charge is -2.33. The van der Waals surface area contributed by atoms with Crippen molar-refractivity contribution in [3.63, 3.8) is 0 Å². The predicted octanol–water partition coefficient (Wildman–Crippen LogP) is 2.33. The monoisotopic (exact) mass is 406 g/mol. The largest absolute Gasteiger partial charge is 0.353 e. The summed E-state index contributed by atoms with van der Waals surface area (Å²) in [5.41, 5.74) is 2.37. The van der Waals surface area contributed by atoms with Crippen LogP contribution < -0.4 is 16.0 Å². The Kier molecular flexibility index (Phi) is 6.09. The maximum Gasteiger partial charge on any atom is 0.238 e. The van der Waals surface area contributed by atoms with Gasteiger partial charge in [-0.2, -0.15) is 0 Å². The molecule has 0 aliphatic carbocycles. The summed E-state index contributed by atoms with van der Waals surface area (Å²) in [6.07, 6.45) is 1.73. The molecule has 7 heteroatoms. The van der Waals surface area contributed by atoms with Crippen LogP contribution in [0, 0.1) is 0 Å². The van der Waals surface area contributed by atoms with Crippen LogP contribution in [0.4, 0.5) is 11.4 Å². The van der Waals surface area contributed by atoms with E-state index in [0.717, 1.165) is 37.2 Å². The number of fused-ring (bicyclic) bond motifs is 1. The Morgan fingerprint density at radius 3 is 2.47 bits per heavy atom. The van der Waals surface area contributed by atoms with Crippen LogP contribution in [0.5, 0.6) is 0 Å². The summed E-state index contributed by atoms with van der Waals surface area (Å²) in [6, 6.07) is 16.9. The number of anilines is 2. The number of amides is 3. The van der Waals surface area contributed by atoms with Crippen LogP contribution in [-0.2, 0) is 14.4 Å². The van der Waals surface area contributed by atoms with Crippen molar-refractivity contribution in [1.82, 2.24) is 10.2 Å². The van der Waals surface area contributed by atoms with Gasteiger partial charge in [0, 0.05) is 36.9 Å². The van der Waals surface area contributed by atoms with Crippen LogP contribution in [0.2, 0.25) is 0 Å². The van der Waals surface area contributed by atoms with Crippen molar-refractivity contribution in [1.29, 1.82) is 0 Å². The van der Waals surface area contributed by atoms with Crippen LogP contribution in [0.25, 0.3) is 0 Å². The number of nitrogens with zero attached hydrogens (tertiary/aromatic N) is 1. The SMILES string of the molecule is O=C(CN1CCC(NC(=O)C2CC(=O)Nc3ccccc32)CC1)Nc1ccccc1. The topological polar surface area (TPSA) is 90.5 Å². The summed E-state index contributed by atoms with van der Waals surface area (Å²) < 4.78 is 0. The maximum atomic E-state index is 12.9. The third-order valence-electron chi connectivity index (χ3n) is 5.68. The lowest BCUT2D eigenvalue weighted by Crippen LogP contribution is -2.48. The van der Waals surface area contributed by atoms with Gasteiger partial charge >= 0.3 is 0 Å². The summed E-state index contributed by atoms with van der Waals surface area (Å²) in [4.78, 5) is 39.2. The highest BCUT2D eigenvalue weighted by molar-refractivity contribution is 6.01. The molecule has 156 valence electrons. The second-order valence-electron chi connectivity index (χ2n) is 7.87. The van der Waals surface area contributed by atoms with Crippen molar-refractivity contribution in [2.45, 2.75) is 31.2 Å². The number of benzene rings is 2. The van der Waals surface area contributed by atoms with Crippen molar-refractivity contribution >= 4 is 29.1 Å². The molecule has 2 aliphatic rings. The first-order valence-electron chi connectivity index (χ1n) is 10.3. The molecule has 2 aromatic carbocycles. The Morgan fingerprint density at radius 1 is 1.00 bits per heavy atom. The van der Waals surface area contributed by atoms with Gasteiger partial charge in [-0.3, -0.25) is 19.3 Å². The number of nitrogens with one attached hydrogen (secondary N) is 3. The Hall–Kier alpha value is -3.19. The number of para-hydroxylation sites is 2. The van der Waals surface area contributed by atoms with Gasteiger partial charge in [0.2, 0.25) is 17.7 Å². The molecule has 7 nitrogen and oxygen atoms in total. The number of likely N-dealkylation sites (tertiary alicyclic amines) is 1. The Morgan fingerprint density at radius 2 is 1.70 bits per heavy atom. The van der Waals surface area contributed by atoms with Gasteiger partial charge in [-0.05, 0) is 36.6 Å². The fourth-order valence-corrected chi connectivity index (χ4v) is 4.11. The van der Waals surface area contributed by atoms with E-state index in [9.17, 15) is 14.4 Å². The van der Waals surface area contributed by atoms with Gasteiger partial charge in [-0.1, -0.05) is 36.4 Å². The first kappa shape index (κ1) is 20.1. The lowest BCUT2D eigenvalue weighted by atomic mass is 9.89. The predicted molar refractivity (Wildman–Crippen MR) is 115 cm³/mol. The summed E-state index contributed by atoms with van der Waals surface area (Å²) in [5, 5.41) is 8.84. The molecule has 0 bridgehead atoms. The molecule has 1 unspecified atom stereocenters. The second kappa shape index (κ2) is 9.09. The van der Waals surface area contributed by atoms with E-state index in [1.165, 1.54) is 0 Å². The molecule has 2 aliphatic heterocycles. The minimum atomic E-state index is -0.454. The minimum Gasteiger partial charge on any atom is -0.353 e. The molecule has 3 amide bonds. The molecule has 0 spiro atoms. The molecule has 2 heterocycles. The molecule has 1 saturated heterocycles. The number of hydrogen-bond donors (Lipinski definition) is 3. The lowest BCUT2D eigenvalue weighted by molar-refractivity contribution is -0.127. The molecular weight excluding hydrogens is 380 g/mol. The van der Waals surface area contributed by atoms with Gasteiger partial charge in [0.1, 0.15) is 0 Å². The fraction of sp³-hybridized carbons (Fsp3) is 0.348. The number of carbonyl (C=O) groups is 3. The maximum absolute atomic E-state index is 12.9.